The molecule has 1 fully saturated rings. The van der Waals surface area contributed by atoms with E-state index < -0.39 is 0 Å². The third-order valence-electron chi connectivity index (χ3n) is 5.40. The van der Waals surface area contributed by atoms with Crippen molar-refractivity contribution in [2.45, 2.75) is 51.6 Å². The molecule has 1 aliphatic carbocycles. The summed E-state index contributed by atoms with van der Waals surface area (Å²) in [6.07, 6.45) is 1.92. The first-order valence-electron chi connectivity index (χ1n) is 8.68. The highest BCUT2D eigenvalue weighted by atomic mass is 35.5. The van der Waals surface area contributed by atoms with Crippen LogP contribution in [0.2, 0.25) is 5.15 Å². The number of fused-ring (bicyclic) bond motifs is 2. The van der Waals surface area contributed by atoms with Crippen LogP contribution in [0.5, 0.6) is 0 Å². The number of benzene rings is 1. The lowest BCUT2D eigenvalue weighted by Gasteiger charge is -2.41. The van der Waals surface area contributed by atoms with Gasteiger partial charge in [-0.1, -0.05) is 44.5 Å². The molecule has 2 heterocycles. The van der Waals surface area contributed by atoms with Gasteiger partial charge in [-0.15, -0.1) is 0 Å². The maximum atomic E-state index is 12.3. The lowest BCUT2D eigenvalue weighted by atomic mass is 9.75. The molecule has 3 atom stereocenters. The van der Waals surface area contributed by atoms with E-state index in [1.807, 2.05) is 20.8 Å². The zero-order chi connectivity index (χ0) is 17.1. The molecule has 4 rings (SSSR count). The van der Waals surface area contributed by atoms with Gasteiger partial charge in [0.15, 0.2) is 0 Å². The van der Waals surface area contributed by atoms with Gasteiger partial charge in [0.05, 0.1) is 0 Å². The van der Waals surface area contributed by atoms with Crippen molar-refractivity contribution in [1.82, 2.24) is 15.6 Å². The predicted octanol–water partition coefficient (Wildman–Crippen LogP) is 3.35. The summed E-state index contributed by atoms with van der Waals surface area (Å²) in [5, 5.41) is 8.91. The Balaban J connectivity index is 1.64. The monoisotopic (exact) mass is 345 g/mol. The Kier molecular flexibility index (Phi) is 3.66. The van der Waals surface area contributed by atoms with Gasteiger partial charge in [-0.25, -0.2) is 0 Å². The van der Waals surface area contributed by atoms with Gasteiger partial charge in [-0.2, -0.15) is 0 Å². The Labute approximate surface area is 147 Å². The van der Waals surface area contributed by atoms with Gasteiger partial charge >= 0.3 is 0 Å². The van der Waals surface area contributed by atoms with E-state index in [1.165, 1.54) is 16.5 Å². The Morgan fingerprint density at radius 1 is 1.33 bits per heavy atom. The molecule has 1 amide bonds. The molecule has 4 nitrogen and oxygen atoms in total. The number of H-pyrrole nitrogens is 1. The fourth-order valence-corrected chi connectivity index (χ4v) is 4.37. The Morgan fingerprint density at radius 2 is 2.12 bits per heavy atom. The minimum absolute atomic E-state index is 0.118. The number of carbonyl (C=O) groups is 1. The average Bonchev–Trinajstić information content (AvgIpc) is 2.84. The Bertz CT molecular complexity index is 805. The van der Waals surface area contributed by atoms with Crippen LogP contribution in [-0.4, -0.2) is 29.5 Å². The van der Waals surface area contributed by atoms with Crippen LogP contribution < -0.4 is 10.6 Å². The van der Waals surface area contributed by atoms with Crippen molar-refractivity contribution in [3.8, 4) is 0 Å². The van der Waals surface area contributed by atoms with Crippen molar-refractivity contribution in [2.24, 2.45) is 5.41 Å². The van der Waals surface area contributed by atoms with Gasteiger partial charge in [0.1, 0.15) is 5.15 Å². The first-order valence-corrected chi connectivity index (χ1v) is 9.05. The van der Waals surface area contributed by atoms with Gasteiger partial charge in [-0.05, 0) is 30.0 Å². The summed E-state index contributed by atoms with van der Waals surface area (Å²) < 4.78 is 0. The summed E-state index contributed by atoms with van der Waals surface area (Å²) in [6, 6.07) is 6.95. The number of halogens is 1. The molecule has 1 saturated heterocycles. The van der Waals surface area contributed by atoms with E-state index in [0.717, 1.165) is 30.1 Å². The summed E-state index contributed by atoms with van der Waals surface area (Å²) >= 11 is 6.41. The standard InChI is InChI=1S/C19H24ClN3O/c1-19(2,3)18(24)22-10-7-12-11-5-4-6-14-16(11)13(17(20)23-14)8-15(12)21-9-10/h4-6,10,12,15,21,23H,7-9H2,1-3H3,(H,22,24)/t10-,12+,15+/m0/s1. The van der Waals surface area contributed by atoms with Gasteiger partial charge in [0.25, 0.3) is 0 Å². The number of aromatic amines is 1. The van der Waals surface area contributed by atoms with E-state index in [9.17, 15) is 4.79 Å². The van der Waals surface area contributed by atoms with Crippen molar-refractivity contribution in [1.29, 1.82) is 0 Å². The van der Waals surface area contributed by atoms with Crippen LogP contribution in [0.1, 0.15) is 44.2 Å². The minimum Gasteiger partial charge on any atom is -0.352 e. The zero-order valence-electron chi connectivity index (χ0n) is 14.4. The van der Waals surface area contributed by atoms with Crippen LogP contribution in [0.25, 0.3) is 10.9 Å². The zero-order valence-corrected chi connectivity index (χ0v) is 15.1. The lowest BCUT2D eigenvalue weighted by molar-refractivity contribution is -0.129. The summed E-state index contributed by atoms with van der Waals surface area (Å²) in [5.41, 5.74) is 3.34. The van der Waals surface area contributed by atoms with Crippen LogP contribution in [-0.2, 0) is 11.2 Å². The number of piperidine rings is 1. The highest BCUT2D eigenvalue weighted by molar-refractivity contribution is 6.32. The number of hydrogen-bond acceptors (Lipinski definition) is 2. The van der Waals surface area contributed by atoms with Crippen molar-refractivity contribution in [2.75, 3.05) is 6.54 Å². The second-order valence-corrected chi connectivity index (χ2v) is 8.55. The molecule has 0 saturated carbocycles. The summed E-state index contributed by atoms with van der Waals surface area (Å²) in [5.74, 6) is 0.527. The number of rotatable bonds is 1. The molecule has 2 aromatic rings. The molecule has 0 spiro atoms. The number of nitrogens with one attached hydrogen (secondary N) is 3. The second-order valence-electron chi connectivity index (χ2n) is 8.17. The minimum atomic E-state index is -0.356. The fraction of sp³-hybridized carbons (Fsp3) is 0.526. The quantitative estimate of drug-likeness (QED) is 0.742. The van der Waals surface area contributed by atoms with Crippen molar-refractivity contribution in [3.63, 3.8) is 0 Å². The number of hydrogen-bond donors (Lipinski definition) is 3. The largest absolute Gasteiger partial charge is 0.352 e. The fourth-order valence-electron chi connectivity index (χ4n) is 4.10. The highest BCUT2D eigenvalue weighted by Crippen LogP contribution is 2.43. The molecule has 5 heteroatoms. The number of amides is 1. The molecule has 1 aliphatic heterocycles. The van der Waals surface area contributed by atoms with E-state index in [0.29, 0.717) is 12.0 Å². The summed E-state index contributed by atoms with van der Waals surface area (Å²) in [7, 11) is 0. The number of aromatic nitrogens is 1. The predicted molar refractivity (Wildman–Crippen MR) is 97.5 cm³/mol. The lowest BCUT2D eigenvalue weighted by Crippen LogP contribution is -2.55. The molecule has 24 heavy (non-hydrogen) atoms. The van der Waals surface area contributed by atoms with Gasteiger partial charge in [0.2, 0.25) is 5.91 Å². The van der Waals surface area contributed by atoms with Gasteiger partial charge < -0.3 is 15.6 Å². The Morgan fingerprint density at radius 3 is 2.88 bits per heavy atom. The molecule has 1 aromatic heterocycles. The van der Waals surface area contributed by atoms with Crippen molar-refractivity contribution in [3.05, 3.63) is 34.5 Å². The van der Waals surface area contributed by atoms with E-state index >= 15 is 0 Å². The molecular weight excluding hydrogens is 322 g/mol. The molecular formula is C19H24ClN3O. The molecule has 3 N–H and O–H groups in total. The van der Waals surface area contributed by atoms with E-state index in [1.54, 1.807) is 0 Å². The first kappa shape index (κ1) is 16.0. The van der Waals surface area contributed by atoms with Crippen LogP contribution in [0.15, 0.2) is 18.2 Å². The molecule has 1 aromatic carbocycles. The van der Waals surface area contributed by atoms with E-state index in [-0.39, 0.29) is 17.4 Å². The highest BCUT2D eigenvalue weighted by Gasteiger charge is 2.38. The third kappa shape index (κ3) is 2.52. The maximum Gasteiger partial charge on any atom is 0.225 e. The smallest absolute Gasteiger partial charge is 0.225 e. The molecule has 0 unspecified atom stereocenters. The maximum absolute atomic E-state index is 12.3. The molecule has 128 valence electrons. The van der Waals surface area contributed by atoms with E-state index in [4.69, 9.17) is 11.6 Å². The molecule has 0 radical (unpaired) electrons. The molecule has 2 aliphatic rings. The van der Waals surface area contributed by atoms with Gasteiger partial charge in [-0.3, -0.25) is 4.79 Å². The van der Waals surface area contributed by atoms with Crippen LogP contribution in [0.4, 0.5) is 0 Å². The normalized spacial score (nSPS) is 26.2. The average molecular weight is 346 g/mol. The number of carbonyl (C=O) groups excluding carboxylic acids is 1. The van der Waals surface area contributed by atoms with Crippen LogP contribution >= 0.6 is 11.6 Å². The van der Waals surface area contributed by atoms with Crippen LogP contribution in [0.3, 0.4) is 0 Å². The first-order chi connectivity index (χ1) is 11.3. The Hall–Kier alpha value is -1.52. The topological polar surface area (TPSA) is 56.9 Å². The third-order valence-corrected chi connectivity index (χ3v) is 5.72. The van der Waals surface area contributed by atoms with E-state index in [2.05, 4.69) is 33.8 Å². The SMILES string of the molecule is CC(C)(C)C(=O)N[C@@H]1CN[C@@H]2Cc3c(Cl)[nH]c4cccc(c34)[C@H]2C1. The molecule has 0 bridgehead atoms. The van der Waals surface area contributed by atoms with Crippen molar-refractivity contribution < 1.29 is 4.79 Å². The van der Waals surface area contributed by atoms with Crippen molar-refractivity contribution >= 4 is 28.4 Å². The van der Waals surface area contributed by atoms with Gasteiger partial charge in [0, 0.05) is 40.9 Å². The summed E-state index contributed by atoms with van der Waals surface area (Å²) in [6.45, 7) is 6.68. The van der Waals surface area contributed by atoms with Crippen LogP contribution in [0, 0.1) is 5.41 Å². The second kappa shape index (κ2) is 5.50. The summed E-state index contributed by atoms with van der Waals surface area (Å²) in [4.78, 5) is 15.6.